The lowest BCUT2D eigenvalue weighted by Gasteiger charge is -2.14. The summed E-state index contributed by atoms with van der Waals surface area (Å²) in [6.45, 7) is 6.06. The van der Waals surface area contributed by atoms with Crippen LogP contribution in [0.15, 0.2) is 53.3 Å². The second-order valence-electron chi connectivity index (χ2n) is 6.09. The van der Waals surface area contributed by atoms with Crippen LogP contribution in [-0.2, 0) is 6.61 Å². The molecule has 1 unspecified atom stereocenters. The van der Waals surface area contributed by atoms with E-state index in [2.05, 4.69) is 15.5 Å². The molecule has 1 amide bonds. The number of nitrogens with one attached hydrogen (secondary N) is 1. The van der Waals surface area contributed by atoms with Gasteiger partial charge in [0.2, 0.25) is 0 Å². The van der Waals surface area contributed by atoms with E-state index in [1.54, 1.807) is 36.7 Å². The number of carbonyl (C=O) groups is 1. The van der Waals surface area contributed by atoms with Gasteiger partial charge in [0.05, 0.1) is 17.3 Å². The van der Waals surface area contributed by atoms with Crippen LogP contribution in [0.2, 0.25) is 0 Å². The van der Waals surface area contributed by atoms with Crippen molar-refractivity contribution in [3.05, 3.63) is 76.9 Å². The van der Waals surface area contributed by atoms with Gasteiger partial charge < -0.3 is 14.6 Å². The van der Waals surface area contributed by atoms with Gasteiger partial charge in [0.1, 0.15) is 18.1 Å². The average molecular weight is 351 g/mol. The van der Waals surface area contributed by atoms with E-state index in [1.807, 2.05) is 32.9 Å². The van der Waals surface area contributed by atoms with Crippen molar-refractivity contribution in [2.24, 2.45) is 0 Å². The number of rotatable bonds is 6. The van der Waals surface area contributed by atoms with E-state index in [4.69, 9.17) is 9.26 Å². The quantitative estimate of drug-likeness (QED) is 0.732. The van der Waals surface area contributed by atoms with Crippen LogP contribution in [-0.4, -0.2) is 16.0 Å². The van der Waals surface area contributed by atoms with E-state index >= 15 is 0 Å². The van der Waals surface area contributed by atoms with Crippen LogP contribution >= 0.6 is 0 Å². The highest BCUT2D eigenvalue weighted by molar-refractivity contribution is 5.94. The number of hydrogen-bond donors (Lipinski definition) is 1. The van der Waals surface area contributed by atoms with Gasteiger partial charge in [-0.2, -0.15) is 0 Å². The molecule has 0 bridgehead atoms. The summed E-state index contributed by atoms with van der Waals surface area (Å²) in [5.41, 5.74) is 3.35. The van der Waals surface area contributed by atoms with Crippen molar-refractivity contribution in [1.82, 2.24) is 15.5 Å². The van der Waals surface area contributed by atoms with E-state index in [-0.39, 0.29) is 11.9 Å². The van der Waals surface area contributed by atoms with E-state index in [0.29, 0.717) is 17.9 Å². The number of amides is 1. The van der Waals surface area contributed by atoms with Gasteiger partial charge in [0, 0.05) is 18.0 Å². The summed E-state index contributed by atoms with van der Waals surface area (Å²) in [7, 11) is 0. The third kappa shape index (κ3) is 4.08. The van der Waals surface area contributed by atoms with Gasteiger partial charge in [-0.25, -0.2) is 0 Å². The molecule has 0 aliphatic rings. The number of nitrogens with zero attached hydrogens (tertiary/aromatic N) is 2. The molecule has 3 rings (SSSR count). The van der Waals surface area contributed by atoms with Gasteiger partial charge in [-0.1, -0.05) is 5.16 Å². The fraction of sp³-hybridized carbons (Fsp3) is 0.250. The van der Waals surface area contributed by atoms with Crippen molar-refractivity contribution in [2.75, 3.05) is 0 Å². The summed E-state index contributed by atoms with van der Waals surface area (Å²) in [5.74, 6) is 1.30. The van der Waals surface area contributed by atoms with Gasteiger partial charge in [-0.3, -0.25) is 9.78 Å². The molecule has 0 aliphatic heterocycles. The van der Waals surface area contributed by atoms with Crippen LogP contribution in [0.3, 0.4) is 0 Å². The maximum Gasteiger partial charge on any atom is 0.251 e. The first-order valence-electron chi connectivity index (χ1n) is 8.40. The molecule has 1 atom stereocenters. The van der Waals surface area contributed by atoms with E-state index in [9.17, 15) is 4.79 Å². The molecule has 26 heavy (non-hydrogen) atoms. The Hall–Kier alpha value is -3.15. The minimum absolute atomic E-state index is 0.0963. The molecule has 6 nitrogen and oxygen atoms in total. The molecule has 0 saturated carbocycles. The summed E-state index contributed by atoms with van der Waals surface area (Å²) in [5, 5.41) is 6.88. The summed E-state index contributed by atoms with van der Waals surface area (Å²) >= 11 is 0. The van der Waals surface area contributed by atoms with Gasteiger partial charge in [-0.05, 0) is 62.7 Å². The van der Waals surface area contributed by atoms with Crippen LogP contribution in [0.4, 0.5) is 0 Å². The van der Waals surface area contributed by atoms with Crippen molar-refractivity contribution in [3.63, 3.8) is 0 Å². The van der Waals surface area contributed by atoms with Crippen LogP contribution in [0.1, 0.15) is 45.9 Å². The Bertz CT molecular complexity index is 854. The molecule has 1 aromatic carbocycles. The van der Waals surface area contributed by atoms with E-state index in [1.165, 1.54) is 0 Å². The summed E-state index contributed by atoms with van der Waals surface area (Å²) in [4.78, 5) is 16.4. The highest BCUT2D eigenvalue weighted by atomic mass is 16.5. The highest BCUT2D eigenvalue weighted by Crippen LogP contribution is 2.18. The Balaban J connectivity index is 1.59. The third-order valence-electron chi connectivity index (χ3n) is 4.23. The number of carbonyl (C=O) groups excluding carboxylic acids is 1. The first kappa shape index (κ1) is 17.7. The largest absolute Gasteiger partial charge is 0.489 e. The Morgan fingerprint density at radius 1 is 1.15 bits per heavy atom. The smallest absolute Gasteiger partial charge is 0.251 e. The maximum absolute atomic E-state index is 12.4. The van der Waals surface area contributed by atoms with Crippen LogP contribution in [0.25, 0.3) is 0 Å². The molecule has 0 aliphatic carbocycles. The first-order valence-corrected chi connectivity index (χ1v) is 8.40. The molecule has 0 spiro atoms. The number of ether oxygens (including phenoxy) is 1. The van der Waals surface area contributed by atoms with Crippen LogP contribution in [0, 0.1) is 13.8 Å². The molecule has 1 N–H and O–H groups in total. The molecule has 3 aromatic rings. The van der Waals surface area contributed by atoms with Crippen molar-refractivity contribution < 1.29 is 14.1 Å². The second kappa shape index (κ2) is 7.82. The van der Waals surface area contributed by atoms with Crippen LogP contribution < -0.4 is 10.1 Å². The summed E-state index contributed by atoms with van der Waals surface area (Å²) in [6.07, 6.45) is 3.42. The monoisotopic (exact) mass is 351 g/mol. The lowest BCUT2D eigenvalue weighted by molar-refractivity contribution is 0.0940. The Morgan fingerprint density at radius 2 is 1.85 bits per heavy atom. The zero-order valence-electron chi connectivity index (χ0n) is 15.0. The Morgan fingerprint density at radius 3 is 2.46 bits per heavy atom. The molecule has 2 heterocycles. The summed E-state index contributed by atoms with van der Waals surface area (Å²) < 4.78 is 10.9. The molecule has 2 aromatic heterocycles. The predicted octanol–water partition coefficient (Wildman–Crippen LogP) is 3.76. The van der Waals surface area contributed by atoms with Crippen molar-refractivity contribution in [2.45, 2.75) is 33.4 Å². The minimum atomic E-state index is -0.133. The lowest BCUT2D eigenvalue weighted by Crippen LogP contribution is -2.26. The third-order valence-corrected chi connectivity index (χ3v) is 4.23. The second-order valence-corrected chi connectivity index (χ2v) is 6.09. The molecular weight excluding hydrogens is 330 g/mol. The van der Waals surface area contributed by atoms with E-state index < -0.39 is 0 Å². The fourth-order valence-corrected chi connectivity index (χ4v) is 2.58. The molecule has 0 fully saturated rings. The van der Waals surface area contributed by atoms with Crippen molar-refractivity contribution in [1.29, 1.82) is 0 Å². The number of aromatic nitrogens is 2. The normalized spacial score (nSPS) is 11.8. The molecule has 0 saturated heterocycles. The van der Waals surface area contributed by atoms with Gasteiger partial charge in [0.25, 0.3) is 5.91 Å². The molecule has 6 heteroatoms. The molecule has 0 radical (unpaired) electrons. The maximum atomic E-state index is 12.4. The van der Waals surface area contributed by atoms with Gasteiger partial charge in [0.15, 0.2) is 0 Å². The fourth-order valence-electron chi connectivity index (χ4n) is 2.58. The SMILES string of the molecule is Cc1noc(C)c1COc1ccc(C(=O)NC(C)c2ccncc2)cc1. The zero-order chi connectivity index (χ0) is 18.5. The zero-order valence-corrected chi connectivity index (χ0v) is 15.0. The predicted molar refractivity (Wildman–Crippen MR) is 96.9 cm³/mol. The average Bonchev–Trinajstić information content (AvgIpc) is 2.99. The van der Waals surface area contributed by atoms with Gasteiger partial charge in [-0.15, -0.1) is 0 Å². The Kier molecular flexibility index (Phi) is 5.31. The number of benzene rings is 1. The standard InChI is InChI=1S/C20H21N3O3/c1-13(16-8-10-21-11-9-16)22-20(24)17-4-6-18(7-5-17)25-12-19-14(2)23-26-15(19)3/h4-11,13H,12H2,1-3H3,(H,22,24). The highest BCUT2D eigenvalue weighted by Gasteiger charge is 2.12. The topological polar surface area (TPSA) is 77.2 Å². The molecule has 134 valence electrons. The Labute approximate surface area is 152 Å². The minimum Gasteiger partial charge on any atom is -0.489 e. The number of aryl methyl sites for hydroxylation is 2. The van der Waals surface area contributed by atoms with Gasteiger partial charge >= 0.3 is 0 Å². The number of pyridine rings is 1. The molecular formula is C20H21N3O3. The van der Waals surface area contributed by atoms with E-state index in [0.717, 1.165) is 22.6 Å². The lowest BCUT2D eigenvalue weighted by atomic mass is 10.1. The first-order chi connectivity index (χ1) is 12.5. The number of hydrogen-bond acceptors (Lipinski definition) is 5. The van der Waals surface area contributed by atoms with Crippen molar-refractivity contribution in [3.8, 4) is 5.75 Å². The van der Waals surface area contributed by atoms with Crippen molar-refractivity contribution >= 4 is 5.91 Å². The van der Waals surface area contributed by atoms with Crippen LogP contribution in [0.5, 0.6) is 5.75 Å². The summed E-state index contributed by atoms with van der Waals surface area (Å²) in [6, 6.07) is 10.7.